The summed E-state index contributed by atoms with van der Waals surface area (Å²) in [6.07, 6.45) is 3.56. The molecule has 0 aliphatic carbocycles. The summed E-state index contributed by atoms with van der Waals surface area (Å²) in [6, 6.07) is 18.9. The number of benzene rings is 3. The van der Waals surface area contributed by atoms with Gasteiger partial charge in [-0.05, 0) is 53.5 Å². The number of carbonyl (C=O) groups is 1. The zero-order valence-electron chi connectivity index (χ0n) is 17.4. The van der Waals surface area contributed by atoms with E-state index in [4.69, 9.17) is 27.9 Å². The van der Waals surface area contributed by atoms with Crippen LogP contribution in [0, 0.1) is 0 Å². The summed E-state index contributed by atoms with van der Waals surface area (Å²) in [5, 5.41) is 9.17. The summed E-state index contributed by atoms with van der Waals surface area (Å²) in [4.78, 5) is 12.0. The second-order valence-corrected chi connectivity index (χ2v) is 7.91. The van der Waals surface area contributed by atoms with Crippen LogP contribution in [0.4, 0.5) is 0 Å². The number of nitrogens with one attached hydrogen (secondary N) is 1. The van der Waals surface area contributed by atoms with Gasteiger partial charge in [-0.2, -0.15) is 5.10 Å². The molecule has 0 radical (unpaired) electrons. The van der Waals surface area contributed by atoms with E-state index in [1.807, 2.05) is 61.5 Å². The third-order valence-corrected chi connectivity index (χ3v) is 5.81. The highest BCUT2D eigenvalue weighted by Gasteiger charge is 2.21. The Kier molecular flexibility index (Phi) is 6.45. The quantitative estimate of drug-likeness (QED) is 0.141. The van der Waals surface area contributed by atoms with Gasteiger partial charge in [0.15, 0.2) is 0 Å². The van der Waals surface area contributed by atoms with E-state index in [0.717, 1.165) is 44.8 Å². The molecule has 0 aliphatic rings. The van der Waals surface area contributed by atoms with Crippen molar-refractivity contribution in [2.45, 2.75) is 13.3 Å². The fraction of sp³-hybridized carbons (Fsp3) is 0.0769. The van der Waals surface area contributed by atoms with Gasteiger partial charge in [-0.1, -0.05) is 67.0 Å². The molecule has 0 fully saturated rings. The lowest BCUT2D eigenvalue weighted by molar-refractivity contribution is -0.128. The topological polar surface area (TPSA) is 55.0 Å². The van der Waals surface area contributed by atoms with Crippen LogP contribution in [0.1, 0.15) is 30.0 Å². The van der Waals surface area contributed by atoms with Crippen molar-refractivity contribution >= 4 is 51.2 Å². The number of allylic oxidation sites excluding steroid dienone is 1. The third kappa shape index (κ3) is 4.20. The van der Waals surface area contributed by atoms with Crippen molar-refractivity contribution in [2.75, 3.05) is 0 Å². The minimum Gasteiger partial charge on any atom is -0.423 e. The van der Waals surface area contributed by atoms with E-state index >= 15 is 0 Å². The van der Waals surface area contributed by atoms with Crippen molar-refractivity contribution in [1.29, 1.82) is 0 Å². The first-order valence-electron chi connectivity index (χ1n) is 10.1. The molecule has 6 heteroatoms. The molecule has 0 spiro atoms. The number of hydrogen-bond donors (Lipinski definition) is 1. The van der Waals surface area contributed by atoms with E-state index < -0.39 is 5.97 Å². The van der Waals surface area contributed by atoms with Crippen molar-refractivity contribution in [3.8, 4) is 5.75 Å². The minimum absolute atomic E-state index is 0.425. The van der Waals surface area contributed by atoms with Crippen molar-refractivity contribution in [2.24, 2.45) is 0 Å². The fourth-order valence-electron chi connectivity index (χ4n) is 3.77. The van der Waals surface area contributed by atoms with Gasteiger partial charge in [-0.15, -0.1) is 0 Å². The van der Waals surface area contributed by atoms with Gasteiger partial charge >= 0.3 is 5.97 Å². The molecule has 1 N–H and O–H groups in total. The monoisotopic (exact) mass is 462 g/mol. The maximum absolute atomic E-state index is 12.0. The zero-order chi connectivity index (χ0) is 22.7. The number of esters is 1. The lowest BCUT2D eigenvalue weighted by Gasteiger charge is -2.20. The van der Waals surface area contributed by atoms with E-state index in [9.17, 15) is 4.79 Å². The van der Waals surface area contributed by atoms with Crippen molar-refractivity contribution in [3.63, 3.8) is 0 Å². The number of nitrogens with zero attached hydrogens (tertiary/aromatic N) is 1. The number of fused-ring (bicyclic) bond motifs is 1. The average Bonchev–Trinajstić information content (AvgIpc) is 3.27. The van der Waals surface area contributed by atoms with Gasteiger partial charge in [0.05, 0.1) is 11.7 Å². The number of aromatic amines is 1. The highest BCUT2D eigenvalue weighted by molar-refractivity contribution is 6.38. The van der Waals surface area contributed by atoms with E-state index in [0.29, 0.717) is 22.2 Å². The molecule has 4 rings (SSSR count). The molecule has 0 amide bonds. The number of carbonyl (C=O) groups excluding carboxylic acids is 1. The number of H-pyrrole nitrogens is 1. The van der Waals surface area contributed by atoms with Gasteiger partial charge in [0.25, 0.3) is 0 Å². The van der Waals surface area contributed by atoms with Crippen LogP contribution in [0.5, 0.6) is 5.75 Å². The smallest absolute Gasteiger partial charge is 0.335 e. The normalized spacial score (nSPS) is 11.8. The molecule has 160 valence electrons. The van der Waals surface area contributed by atoms with E-state index in [-0.39, 0.29) is 0 Å². The summed E-state index contributed by atoms with van der Waals surface area (Å²) in [5.74, 6) is -0.107. The lowest BCUT2D eigenvalue weighted by Crippen LogP contribution is -2.06. The average molecular weight is 463 g/mol. The molecule has 4 nitrogen and oxygen atoms in total. The van der Waals surface area contributed by atoms with Gasteiger partial charge in [0.2, 0.25) is 0 Å². The van der Waals surface area contributed by atoms with Crippen LogP contribution >= 0.6 is 23.2 Å². The Hall–Kier alpha value is -3.34. The molecule has 4 aromatic rings. The van der Waals surface area contributed by atoms with Crippen LogP contribution in [0.2, 0.25) is 10.0 Å². The summed E-state index contributed by atoms with van der Waals surface area (Å²) in [5.41, 5.74) is 5.16. The molecule has 1 aromatic heterocycles. The Bertz CT molecular complexity index is 1330. The molecule has 1 heterocycles. The van der Waals surface area contributed by atoms with E-state index in [1.54, 1.807) is 12.3 Å². The first kappa shape index (κ1) is 21.9. The summed E-state index contributed by atoms with van der Waals surface area (Å²) >= 11 is 13.2. The van der Waals surface area contributed by atoms with Crippen molar-refractivity contribution in [3.05, 3.63) is 106 Å². The van der Waals surface area contributed by atoms with E-state index in [2.05, 4.69) is 16.8 Å². The molecule has 32 heavy (non-hydrogen) atoms. The zero-order valence-corrected chi connectivity index (χ0v) is 18.9. The molecule has 0 atom stereocenters. The molecule has 3 aromatic carbocycles. The fourth-order valence-corrected chi connectivity index (χ4v) is 4.39. The molecule has 0 aliphatic heterocycles. The van der Waals surface area contributed by atoms with Crippen LogP contribution < -0.4 is 4.74 Å². The third-order valence-electron chi connectivity index (χ3n) is 5.18. The summed E-state index contributed by atoms with van der Waals surface area (Å²) < 4.78 is 5.58. The predicted octanol–water partition coefficient (Wildman–Crippen LogP) is 7.33. The maximum Gasteiger partial charge on any atom is 0.335 e. The van der Waals surface area contributed by atoms with Gasteiger partial charge in [-0.3, -0.25) is 5.10 Å². The SMILES string of the molecule is C=CC(=O)Oc1ccccc1/C(=C(\CC)c1c(Cl)cccc1Cl)c1ccc2[nH]ncc2c1. The number of rotatable bonds is 6. The van der Waals surface area contributed by atoms with Crippen LogP contribution in [-0.4, -0.2) is 16.2 Å². The molecule has 0 saturated heterocycles. The highest BCUT2D eigenvalue weighted by Crippen LogP contribution is 2.43. The van der Waals surface area contributed by atoms with Crippen molar-refractivity contribution in [1.82, 2.24) is 10.2 Å². The van der Waals surface area contributed by atoms with Crippen LogP contribution in [-0.2, 0) is 4.79 Å². The molecule has 0 unspecified atom stereocenters. The number of aromatic nitrogens is 2. The number of hydrogen-bond acceptors (Lipinski definition) is 3. The molecule has 0 bridgehead atoms. The lowest BCUT2D eigenvalue weighted by atomic mass is 9.87. The second kappa shape index (κ2) is 9.43. The largest absolute Gasteiger partial charge is 0.423 e. The van der Waals surface area contributed by atoms with Gasteiger partial charge < -0.3 is 4.74 Å². The highest BCUT2D eigenvalue weighted by atomic mass is 35.5. The molecular weight excluding hydrogens is 443 g/mol. The second-order valence-electron chi connectivity index (χ2n) is 7.10. The van der Waals surface area contributed by atoms with Crippen molar-refractivity contribution < 1.29 is 9.53 Å². The van der Waals surface area contributed by atoms with Crippen LogP contribution in [0.3, 0.4) is 0 Å². The first-order chi connectivity index (χ1) is 15.5. The Balaban J connectivity index is 2.07. The molecule has 0 saturated carbocycles. The van der Waals surface area contributed by atoms with E-state index in [1.165, 1.54) is 0 Å². The Morgan fingerprint density at radius 3 is 2.56 bits per heavy atom. The molecular formula is C26H20Cl2N2O2. The van der Waals surface area contributed by atoms with Crippen LogP contribution in [0.15, 0.2) is 79.5 Å². The number of halogens is 2. The van der Waals surface area contributed by atoms with Gasteiger partial charge in [-0.25, -0.2) is 4.79 Å². The number of para-hydroxylation sites is 1. The Morgan fingerprint density at radius 1 is 1.09 bits per heavy atom. The minimum atomic E-state index is -0.532. The Morgan fingerprint density at radius 2 is 1.84 bits per heavy atom. The predicted molar refractivity (Wildman–Crippen MR) is 131 cm³/mol. The standard InChI is InChI=1S/C26H20Cl2N2O2/c1-3-18(26-20(27)9-7-10-21(26)28)25(16-12-13-22-17(14-16)15-29-30-22)19-8-5-6-11-23(19)32-24(31)4-2/h4-15H,2-3H2,1H3,(H,29,30)/b25-18+. The maximum atomic E-state index is 12.0. The van der Waals surface area contributed by atoms with Gasteiger partial charge in [0, 0.05) is 32.6 Å². The van der Waals surface area contributed by atoms with Crippen LogP contribution in [0.25, 0.3) is 22.0 Å². The Labute approximate surface area is 196 Å². The summed E-state index contributed by atoms with van der Waals surface area (Å²) in [7, 11) is 0. The number of ether oxygens (including phenoxy) is 1. The first-order valence-corrected chi connectivity index (χ1v) is 10.8. The summed E-state index contributed by atoms with van der Waals surface area (Å²) in [6.45, 7) is 5.55. The van der Waals surface area contributed by atoms with Gasteiger partial charge in [0.1, 0.15) is 5.75 Å².